The SMILES string of the molecule is O=C(CCNS(=O)(=O)c1cccs1)OCc1ccc([N+](=O)[O-])cc1. The van der Waals surface area contributed by atoms with E-state index in [9.17, 15) is 23.3 Å². The molecule has 0 aliphatic heterocycles. The molecule has 8 nitrogen and oxygen atoms in total. The smallest absolute Gasteiger partial charge is 0.307 e. The summed E-state index contributed by atoms with van der Waals surface area (Å²) in [5, 5.41) is 12.2. The van der Waals surface area contributed by atoms with Gasteiger partial charge in [-0.15, -0.1) is 11.3 Å². The Morgan fingerprint density at radius 3 is 2.54 bits per heavy atom. The molecule has 1 heterocycles. The van der Waals surface area contributed by atoms with Gasteiger partial charge < -0.3 is 4.74 Å². The number of nitrogens with one attached hydrogen (secondary N) is 1. The lowest BCUT2D eigenvalue weighted by Crippen LogP contribution is -2.26. The second-order valence-electron chi connectivity index (χ2n) is 4.66. The van der Waals surface area contributed by atoms with Crippen LogP contribution in [0.2, 0.25) is 0 Å². The Morgan fingerprint density at radius 1 is 1.25 bits per heavy atom. The molecule has 1 aromatic heterocycles. The number of nitro benzene ring substituents is 1. The Kier molecular flexibility index (Phi) is 6.01. The van der Waals surface area contributed by atoms with Crippen molar-refractivity contribution in [2.24, 2.45) is 0 Å². The van der Waals surface area contributed by atoms with Crippen molar-refractivity contribution in [3.8, 4) is 0 Å². The van der Waals surface area contributed by atoms with Crippen LogP contribution in [0.3, 0.4) is 0 Å². The lowest BCUT2D eigenvalue weighted by molar-refractivity contribution is -0.384. The zero-order valence-electron chi connectivity index (χ0n) is 12.4. The number of hydrogen-bond donors (Lipinski definition) is 1. The summed E-state index contributed by atoms with van der Waals surface area (Å²) in [6, 6.07) is 8.71. The van der Waals surface area contributed by atoms with Gasteiger partial charge in [0.05, 0.1) is 11.3 Å². The maximum absolute atomic E-state index is 11.8. The molecule has 0 saturated carbocycles. The molecule has 0 atom stereocenters. The van der Waals surface area contributed by atoms with E-state index in [2.05, 4.69) is 4.72 Å². The number of nitrogens with zero attached hydrogens (tertiary/aromatic N) is 1. The molecule has 128 valence electrons. The fourth-order valence-corrected chi connectivity index (χ4v) is 3.79. The van der Waals surface area contributed by atoms with Crippen molar-refractivity contribution in [3.63, 3.8) is 0 Å². The minimum absolute atomic E-state index is 0.0332. The summed E-state index contributed by atoms with van der Waals surface area (Å²) >= 11 is 1.08. The highest BCUT2D eigenvalue weighted by atomic mass is 32.2. The molecule has 0 aliphatic carbocycles. The first-order chi connectivity index (χ1) is 11.4. The Hall–Kier alpha value is -2.30. The molecule has 0 aliphatic rings. The second-order valence-corrected chi connectivity index (χ2v) is 7.61. The van der Waals surface area contributed by atoms with Gasteiger partial charge in [-0.1, -0.05) is 6.07 Å². The van der Waals surface area contributed by atoms with Gasteiger partial charge in [0.25, 0.3) is 5.69 Å². The van der Waals surface area contributed by atoms with Crippen molar-refractivity contribution >= 4 is 33.0 Å². The monoisotopic (exact) mass is 370 g/mol. The number of carbonyl (C=O) groups excluding carboxylic acids is 1. The van der Waals surface area contributed by atoms with E-state index in [0.717, 1.165) is 11.3 Å². The van der Waals surface area contributed by atoms with Crippen LogP contribution in [0, 0.1) is 10.1 Å². The Labute approximate surface area is 142 Å². The molecule has 10 heteroatoms. The van der Waals surface area contributed by atoms with Crippen molar-refractivity contribution in [3.05, 3.63) is 57.5 Å². The van der Waals surface area contributed by atoms with E-state index in [1.165, 1.54) is 30.3 Å². The number of nitro groups is 1. The Bertz CT molecular complexity index is 800. The number of thiophene rings is 1. The molecule has 0 unspecified atom stereocenters. The highest BCUT2D eigenvalue weighted by Crippen LogP contribution is 2.15. The van der Waals surface area contributed by atoms with Crippen molar-refractivity contribution in [2.75, 3.05) is 6.54 Å². The number of non-ortho nitro benzene ring substituents is 1. The molecule has 24 heavy (non-hydrogen) atoms. The predicted molar refractivity (Wildman–Crippen MR) is 87.0 cm³/mol. The van der Waals surface area contributed by atoms with Gasteiger partial charge in [-0.2, -0.15) is 0 Å². The van der Waals surface area contributed by atoms with Crippen LogP contribution in [0.4, 0.5) is 5.69 Å². The number of rotatable bonds is 8. The van der Waals surface area contributed by atoms with Crippen LogP contribution >= 0.6 is 11.3 Å². The Morgan fingerprint density at radius 2 is 1.96 bits per heavy atom. The van der Waals surface area contributed by atoms with Crippen LogP contribution in [0.15, 0.2) is 46.0 Å². The van der Waals surface area contributed by atoms with Crippen molar-refractivity contribution < 1.29 is 22.9 Å². The lowest BCUT2D eigenvalue weighted by atomic mass is 10.2. The minimum Gasteiger partial charge on any atom is -0.461 e. The van der Waals surface area contributed by atoms with Gasteiger partial charge >= 0.3 is 5.97 Å². The number of hydrogen-bond acceptors (Lipinski definition) is 7. The molecule has 1 aromatic carbocycles. The summed E-state index contributed by atoms with van der Waals surface area (Å²) in [5.41, 5.74) is 0.557. The van der Waals surface area contributed by atoms with E-state index >= 15 is 0 Å². The third-order valence-electron chi connectivity index (χ3n) is 2.93. The minimum atomic E-state index is -3.60. The van der Waals surface area contributed by atoms with Crippen LogP contribution in [-0.4, -0.2) is 25.9 Å². The van der Waals surface area contributed by atoms with E-state index in [0.29, 0.717) is 5.56 Å². The number of esters is 1. The van der Waals surface area contributed by atoms with Gasteiger partial charge in [0.15, 0.2) is 0 Å². The standard InChI is InChI=1S/C14H14N2O6S2/c17-13(7-8-15-24(20,21)14-2-1-9-23-14)22-10-11-3-5-12(6-4-11)16(18)19/h1-6,9,15H,7-8,10H2. The highest BCUT2D eigenvalue weighted by Gasteiger charge is 2.15. The number of sulfonamides is 1. The molecular formula is C14H14N2O6S2. The van der Waals surface area contributed by atoms with E-state index < -0.39 is 20.9 Å². The predicted octanol–water partition coefficient (Wildman–Crippen LogP) is 2.07. The fraction of sp³-hybridized carbons (Fsp3) is 0.214. The molecule has 0 amide bonds. The maximum Gasteiger partial charge on any atom is 0.307 e. The van der Waals surface area contributed by atoms with E-state index in [4.69, 9.17) is 4.74 Å². The van der Waals surface area contributed by atoms with E-state index in [-0.39, 0.29) is 29.5 Å². The zero-order valence-corrected chi connectivity index (χ0v) is 14.0. The first kappa shape index (κ1) is 18.0. The summed E-state index contributed by atoms with van der Waals surface area (Å²) in [4.78, 5) is 21.6. The zero-order chi connectivity index (χ0) is 17.6. The van der Waals surface area contributed by atoms with Crippen LogP contribution in [0.1, 0.15) is 12.0 Å². The molecule has 2 rings (SSSR count). The van der Waals surface area contributed by atoms with Gasteiger partial charge in [-0.3, -0.25) is 14.9 Å². The van der Waals surface area contributed by atoms with Crippen LogP contribution in [0.5, 0.6) is 0 Å². The molecule has 2 aromatic rings. The average molecular weight is 370 g/mol. The van der Waals surface area contributed by atoms with Crippen molar-refractivity contribution in [2.45, 2.75) is 17.2 Å². The number of ether oxygens (including phenoxy) is 1. The number of benzene rings is 1. The van der Waals surface area contributed by atoms with Crippen LogP contribution < -0.4 is 4.72 Å². The van der Waals surface area contributed by atoms with Crippen molar-refractivity contribution in [1.82, 2.24) is 4.72 Å². The maximum atomic E-state index is 11.8. The second kappa shape index (κ2) is 7.99. The average Bonchev–Trinajstić information content (AvgIpc) is 3.08. The largest absolute Gasteiger partial charge is 0.461 e. The first-order valence-electron chi connectivity index (χ1n) is 6.80. The summed E-state index contributed by atoms with van der Waals surface area (Å²) in [6.07, 6.45) is -0.114. The summed E-state index contributed by atoms with van der Waals surface area (Å²) in [7, 11) is -3.60. The van der Waals surface area contributed by atoms with Gasteiger partial charge in [0.1, 0.15) is 10.8 Å². The third-order valence-corrected chi connectivity index (χ3v) is 5.79. The molecule has 0 fully saturated rings. The molecule has 0 spiro atoms. The molecule has 0 bridgehead atoms. The summed E-state index contributed by atoms with van der Waals surface area (Å²) in [6.45, 7) is -0.103. The highest BCUT2D eigenvalue weighted by molar-refractivity contribution is 7.91. The van der Waals surface area contributed by atoms with E-state index in [1.54, 1.807) is 11.4 Å². The topological polar surface area (TPSA) is 116 Å². The summed E-state index contributed by atoms with van der Waals surface area (Å²) < 4.78 is 31.2. The molecule has 1 N–H and O–H groups in total. The molecule has 0 radical (unpaired) electrons. The third kappa shape index (κ3) is 5.11. The van der Waals surface area contributed by atoms with Gasteiger partial charge in [-0.25, -0.2) is 13.1 Å². The molecule has 0 saturated heterocycles. The lowest BCUT2D eigenvalue weighted by Gasteiger charge is -2.06. The van der Waals surface area contributed by atoms with E-state index in [1.807, 2.05) is 0 Å². The van der Waals surface area contributed by atoms with Crippen molar-refractivity contribution in [1.29, 1.82) is 0 Å². The van der Waals surface area contributed by atoms with Gasteiger partial charge in [0.2, 0.25) is 10.0 Å². The van der Waals surface area contributed by atoms with Gasteiger partial charge in [-0.05, 0) is 29.1 Å². The number of carbonyl (C=O) groups is 1. The quantitative estimate of drug-likeness (QED) is 0.432. The fourth-order valence-electron chi connectivity index (χ4n) is 1.72. The normalized spacial score (nSPS) is 11.2. The molecular weight excluding hydrogens is 356 g/mol. The first-order valence-corrected chi connectivity index (χ1v) is 9.17. The van der Waals surface area contributed by atoms with Gasteiger partial charge in [0, 0.05) is 18.7 Å². The summed E-state index contributed by atoms with van der Waals surface area (Å²) in [5.74, 6) is -0.567. The van der Waals surface area contributed by atoms with Crippen LogP contribution in [-0.2, 0) is 26.2 Å². The Balaban J connectivity index is 1.74. The van der Waals surface area contributed by atoms with Crippen LogP contribution in [0.25, 0.3) is 0 Å².